The third kappa shape index (κ3) is 2.91. The van der Waals surface area contributed by atoms with Crippen LogP contribution in [0.5, 0.6) is 5.75 Å². The Morgan fingerprint density at radius 2 is 2.00 bits per heavy atom. The fraction of sp³-hybridized carbons (Fsp3) is 0.571. The number of benzene rings is 1. The van der Waals surface area contributed by atoms with Gasteiger partial charge in [-0.05, 0) is 37.0 Å². The Labute approximate surface area is 120 Å². The Bertz CT molecular complexity index is 564. The zero-order chi connectivity index (χ0) is 14.8. The molecule has 1 aliphatic heterocycles. The van der Waals surface area contributed by atoms with E-state index in [-0.39, 0.29) is 4.90 Å². The van der Waals surface area contributed by atoms with E-state index in [0.717, 1.165) is 19.3 Å². The van der Waals surface area contributed by atoms with Crippen molar-refractivity contribution in [1.82, 2.24) is 4.31 Å². The van der Waals surface area contributed by atoms with E-state index in [1.807, 2.05) is 0 Å². The molecule has 1 saturated heterocycles. The van der Waals surface area contributed by atoms with E-state index >= 15 is 0 Å². The van der Waals surface area contributed by atoms with E-state index in [4.69, 9.17) is 10.5 Å². The van der Waals surface area contributed by atoms with E-state index in [1.54, 1.807) is 16.4 Å². The average molecular weight is 298 g/mol. The number of nitrogen functional groups attached to an aromatic ring is 1. The van der Waals surface area contributed by atoms with Crippen LogP contribution in [0.15, 0.2) is 23.1 Å². The lowest BCUT2D eigenvalue weighted by Crippen LogP contribution is -2.38. The second kappa shape index (κ2) is 6.01. The lowest BCUT2D eigenvalue weighted by Gasteiger charge is -2.30. The molecule has 0 amide bonds. The Morgan fingerprint density at radius 1 is 1.35 bits per heavy atom. The summed E-state index contributed by atoms with van der Waals surface area (Å²) in [6.45, 7) is 3.33. The van der Waals surface area contributed by atoms with E-state index in [0.29, 0.717) is 30.4 Å². The number of ether oxygens (including phenoxy) is 1. The molecular weight excluding hydrogens is 276 g/mol. The van der Waals surface area contributed by atoms with Gasteiger partial charge < -0.3 is 10.5 Å². The van der Waals surface area contributed by atoms with Crippen molar-refractivity contribution in [2.45, 2.75) is 31.1 Å². The minimum atomic E-state index is -3.44. The van der Waals surface area contributed by atoms with Crippen molar-refractivity contribution in [1.29, 1.82) is 0 Å². The molecular formula is C14H22N2O3S. The number of anilines is 1. The monoisotopic (exact) mass is 298 g/mol. The topological polar surface area (TPSA) is 72.6 Å². The molecule has 2 rings (SSSR count). The minimum Gasteiger partial charge on any atom is -0.495 e. The van der Waals surface area contributed by atoms with Gasteiger partial charge in [0, 0.05) is 13.1 Å². The maximum atomic E-state index is 12.6. The largest absolute Gasteiger partial charge is 0.495 e. The maximum absolute atomic E-state index is 12.6. The summed E-state index contributed by atoms with van der Waals surface area (Å²) in [6, 6.07) is 4.62. The number of hydrogen-bond donors (Lipinski definition) is 1. The van der Waals surface area contributed by atoms with E-state index in [2.05, 4.69) is 6.92 Å². The highest BCUT2D eigenvalue weighted by Gasteiger charge is 2.29. The molecule has 1 aromatic rings. The molecule has 2 N–H and O–H groups in total. The molecule has 0 aromatic heterocycles. The number of nitrogens with two attached hydrogens (primary N) is 1. The molecule has 1 fully saturated rings. The Hall–Kier alpha value is -1.27. The van der Waals surface area contributed by atoms with Crippen LogP contribution in [0.3, 0.4) is 0 Å². The predicted molar refractivity (Wildman–Crippen MR) is 79.2 cm³/mol. The van der Waals surface area contributed by atoms with Crippen LogP contribution in [0.1, 0.15) is 26.2 Å². The van der Waals surface area contributed by atoms with Crippen molar-refractivity contribution >= 4 is 15.7 Å². The van der Waals surface area contributed by atoms with Gasteiger partial charge in [-0.2, -0.15) is 4.31 Å². The van der Waals surface area contributed by atoms with Gasteiger partial charge >= 0.3 is 0 Å². The van der Waals surface area contributed by atoms with Crippen LogP contribution in [-0.2, 0) is 10.0 Å². The summed E-state index contributed by atoms with van der Waals surface area (Å²) in [5, 5.41) is 0. The van der Waals surface area contributed by atoms with Crippen molar-refractivity contribution in [3.8, 4) is 5.75 Å². The molecule has 0 bridgehead atoms. The number of sulfonamides is 1. The van der Waals surface area contributed by atoms with Crippen molar-refractivity contribution < 1.29 is 13.2 Å². The van der Waals surface area contributed by atoms with Crippen LogP contribution < -0.4 is 10.5 Å². The van der Waals surface area contributed by atoms with Crippen LogP contribution in [0.2, 0.25) is 0 Å². The molecule has 1 heterocycles. The molecule has 0 atom stereocenters. The quantitative estimate of drug-likeness (QED) is 0.864. The molecule has 112 valence electrons. The lowest BCUT2D eigenvalue weighted by molar-refractivity contribution is 0.269. The van der Waals surface area contributed by atoms with Crippen LogP contribution in [0.25, 0.3) is 0 Å². The fourth-order valence-electron chi connectivity index (χ4n) is 2.58. The minimum absolute atomic E-state index is 0.241. The van der Waals surface area contributed by atoms with Gasteiger partial charge in [0.25, 0.3) is 0 Å². The summed E-state index contributed by atoms with van der Waals surface area (Å²) in [5.41, 5.74) is 6.14. The summed E-state index contributed by atoms with van der Waals surface area (Å²) >= 11 is 0. The molecule has 0 saturated carbocycles. The summed E-state index contributed by atoms with van der Waals surface area (Å²) in [5.74, 6) is 1.14. The standard InChI is InChI=1S/C14H22N2O3S/c1-3-11-6-8-16(9-7-11)20(17,18)12-4-5-14(19-2)13(15)10-12/h4-5,10-11H,3,6-9,15H2,1-2H3. The highest BCUT2D eigenvalue weighted by Crippen LogP contribution is 2.29. The lowest BCUT2D eigenvalue weighted by atomic mass is 9.96. The van der Waals surface area contributed by atoms with Crippen LogP contribution >= 0.6 is 0 Å². The van der Waals surface area contributed by atoms with Gasteiger partial charge in [-0.15, -0.1) is 0 Å². The number of piperidine rings is 1. The summed E-state index contributed by atoms with van der Waals surface area (Å²) in [7, 11) is -1.93. The van der Waals surface area contributed by atoms with Crippen LogP contribution in [-0.4, -0.2) is 32.9 Å². The first-order chi connectivity index (χ1) is 9.48. The molecule has 0 radical (unpaired) electrons. The van der Waals surface area contributed by atoms with Crippen LogP contribution in [0.4, 0.5) is 5.69 Å². The van der Waals surface area contributed by atoms with Crippen molar-refractivity contribution in [2.24, 2.45) is 5.92 Å². The van der Waals surface area contributed by atoms with Crippen molar-refractivity contribution in [3.63, 3.8) is 0 Å². The molecule has 0 spiro atoms. The third-order valence-electron chi connectivity index (χ3n) is 3.99. The van der Waals surface area contributed by atoms with Gasteiger partial charge in [-0.1, -0.05) is 13.3 Å². The van der Waals surface area contributed by atoms with E-state index < -0.39 is 10.0 Å². The normalized spacial score (nSPS) is 18.1. The molecule has 1 aliphatic rings. The first kappa shape index (κ1) is 15.1. The molecule has 0 aliphatic carbocycles. The van der Waals surface area contributed by atoms with Gasteiger partial charge in [-0.25, -0.2) is 8.42 Å². The SMILES string of the molecule is CCC1CCN(S(=O)(=O)c2ccc(OC)c(N)c2)CC1. The molecule has 20 heavy (non-hydrogen) atoms. The highest BCUT2D eigenvalue weighted by atomic mass is 32.2. The smallest absolute Gasteiger partial charge is 0.243 e. The third-order valence-corrected chi connectivity index (χ3v) is 5.88. The number of rotatable bonds is 4. The summed E-state index contributed by atoms with van der Waals surface area (Å²) in [4.78, 5) is 0.241. The number of nitrogens with zero attached hydrogens (tertiary/aromatic N) is 1. The van der Waals surface area contributed by atoms with E-state index in [9.17, 15) is 8.42 Å². The van der Waals surface area contributed by atoms with Gasteiger partial charge in [0.2, 0.25) is 10.0 Å². The summed E-state index contributed by atoms with van der Waals surface area (Å²) < 4.78 is 31.7. The van der Waals surface area contributed by atoms with Gasteiger partial charge in [-0.3, -0.25) is 0 Å². The van der Waals surface area contributed by atoms with Gasteiger partial charge in [0.1, 0.15) is 5.75 Å². The molecule has 5 nitrogen and oxygen atoms in total. The molecule has 6 heteroatoms. The Kier molecular flexibility index (Phi) is 4.55. The van der Waals surface area contributed by atoms with E-state index in [1.165, 1.54) is 13.2 Å². The number of methoxy groups -OCH3 is 1. The highest BCUT2D eigenvalue weighted by molar-refractivity contribution is 7.89. The van der Waals surface area contributed by atoms with Crippen LogP contribution in [0, 0.1) is 5.92 Å². The first-order valence-electron chi connectivity index (χ1n) is 6.92. The second-order valence-corrected chi connectivity index (χ2v) is 7.10. The average Bonchev–Trinajstić information content (AvgIpc) is 2.47. The van der Waals surface area contributed by atoms with Gasteiger partial charge in [0.05, 0.1) is 17.7 Å². The Balaban J connectivity index is 2.20. The van der Waals surface area contributed by atoms with Crippen molar-refractivity contribution in [2.75, 3.05) is 25.9 Å². The maximum Gasteiger partial charge on any atom is 0.243 e. The predicted octanol–water partition coefficient (Wildman–Crippen LogP) is 2.09. The summed E-state index contributed by atoms with van der Waals surface area (Å²) in [6.07, 6.45) is 2.98. The molecule has 1 aromatic carbocycles. The van der Waals surface area contributed by atoms with Gasteiger partial charge in [0.15, 0.2) is 0 Å². The first-order valence-corrected chi connectivity index (χ1v) is 8.36. The second-order valence-electron chi connectivity index (χ2n) is 5.16. The number of hydrogen-bond acceptors (Lipinski definition) is 4. The zero-order valence-electron chi connectivity index (χ0n) is 12.0. The molecule has 0 unspecified atom stereocenters. The Morgan fingerprint density at radius 3 is 2.50 bits per heavy atom. The zero-order valence-corrected chi connectivity index (χ0v) is 12.8. The fourth-order valence-corrected chi connectivity index (χ4v) is 4.09. The van der Waals surface area contributed by atoms with Crippen molar-refractivity contribution in [3.05, 3.63) is 18.2 Å².